The minimum Gasteiger partial charge on any atom is -0.467 e. The van der Waals surface area contributed by atoms with Gasteiger partial charge in [0.1, 0.15) is 17.6 Å². The summed E-state index contributed by atoms with van der Waals surface area (Å²) in [5.41, 5.74) is 0.324. The highest BCUT2D eigenvalue weighted by molar-refractivity contribution is 7.98. The summed E-state index contributed by atoms with van der Waals surface area (Å²) in [5.74, 6) is -0.709. The van der Waals surface area contributed by atoms with Crippen LogP contribution >= 0.6 is 11.8 Å². The molecule has 1 rings (SSSR count). The molecule has 1 amide bonds. The van der Waals surface area contributed by atoms with Crippen molar-refractivity contribution in [3.63, 3.8) is 0 Å². The first-order valence-electron chi connectivity index (χ1n) is 7.27. The Morgan fingerprint density at radius 2 is 2.09 bits per heavy atom. The van der Waals surface area contributed by atoms with Crippen molar-refractivity contribution in [3.8, 4) is 0 Å². The van der Waals surface area contributed by atoms with Crippen LogP contribution in [-0.2, 0) is 20.9 Å². The number of hydrogen-bond acceptors (Lipinski definition) is 6. The molecule has 0 aliphatic heterocycles. The van der Waals surface area contributed by atoms with Gasteiger partial charge in [-0.15, -0.1) is 11.8 Å². The standard InChI is InChI=1S/C15H23N3O4S/c1-9(2)6-11(14(20)22-4)16-12(19)8-18-7-10(3)13(23-5)17-15(18)21/h7,9,11H,6,8H2,1-5H3,(H,16,19)/t11-/m0/s1. The van der Waals surface area contributed by atoms with Crippen LogP contribution in [0.4, 0.5) is 0 Å². The minimum atomic E-state index is -0.720. The number of esters is 1. The fourth-order valence-electron chi connectivity index (χ4n) is 2.13. The van der Waals surface area contributed by atoms with Crippen LogP contribution in [0.2, 0.25) is 0 Å². The topological polar surface area (TPSA) is 90.3 Å². The van der Waals surface area contributed by atoms with Gasteiger partial charge in [0.25, 0.3) is 0 Å². The fourth-order valence-corrected chi connectivity index (χ4v) is 2.67. The molecule has 8 heteroatoms. The number of ether oxygens (including phenoxy) is 1. The zero-order chi connectivity index (χ0) is 17.6. The molecule has 0 aromatic carbocycles. The highest BCUT2D eigenvalue weighted by atomic mass is 32.2. The van der Waals surface area contributed by atoms with Crippen molar-refractivity contribution in [2.45, 2.75) is 44.8 Å². The van der Waals surface area contributed by atoms with E-state index in [1.54, 1.807) is 6.20 Å². The van der Waals surface area contributed by atoms with Gasteiger partial charge in [0.05, 0.1) is 7.11 Å². The van der Waals surface area contributed by atoms with Crippen LogP contribution in [0.25, 0.3) is 0 Å². The van der Waals surface area contributed by atoms with Gasteiger partial charge in [-0.05, 0) is 31.1 Å². The number of nitrogens with one attached hydrogen (secondary N) is 1. The Hall–Kier alpha value is -1.83. The lowest BCUT2D eigenvalue weighted by atomic mass is 10.0. The van der Waals surface area contributed by atoms with E-state index in [1.807, 2.05) is 27.0 Å². The van der Waals surface area contributed by atoms with Crippen LogP contribution in [0, 0.1) is 12.8 Å². The molecule has 7 nitrogen and oxygen atoms in total. The highest BCUT2D eigenvalue weighted by Crippen LogP contribution is 2.13. The molecule has 0 fully saturated rings. The number of amides is 1. The third kappa shape index (κ3) is 5.70. The highest BCUT2D eigenvalue weighted by Gasteiger charge is 2.22. The van der Waals surface area contributed by atoms with Crippen LogP contribution < -0.4 is 11.0 Å². The van der Waals surface area contributed by atoms with Crippen molar-refractivity contribution in [1.29, 1.82) is 0 Å². The van der Waals surface area contributed by atoms with Crippen LogP contribution in [0.1, 0.15) is 25.8 Å². The summed E-state index contributed by atoms with van der Waals surface area (Å²) in [5, 5.41) is 3.25. The second kappa shape index (κ2) is 8.71. The molecule has 1 heterocycles. The minimum absolute atomic E-state index is 0.188. The number of thioether (sulfide) groups is 1. The predicted octanol–water partition coefficient (Wildman–Crippen LogP) is 0.978. The second-order valence-corrected chi connectivity index (χ2v) is 6.41. The summed E-state index contributed by atoms with van der Waals surface area (Å²) in [6, 6.07) is -0.720. The number of nitrogens with zero attached hydrogens (tertiary/aromatic N) is 2. The first kappa shape index (κ1) is 19.2. The Balaban J connectivity index is 2.84. The van der Waals surface area contributed by atoms with Crippen LogP contribution in [0.5, 0.6) is 0 Å². The van der Waals surface area contributed by atoms with Gasteiger partial charge < -0.3 is 10.1 Å². The lowest BCUT2D eigenvalue weighted by Gasteiger charge is -2.18. The number of carbonyl (C=O) groups is 2. The Bertz CT molecular complexity index is 628. The van der Waals surface area contributed by atoms with Gasteiger partial charge in [0.15, 0.2) is 0 Å². The molecule has 0 saturated carbocycles. The Morgan fingerprint density at radius 1 is 1.43 bits per heavy atom. The number of aryl methyl sites for hydroxylation is 1. The predicted molar refractivity (Wildman–Crippen MR) is 88.4 cm³/mol. The van der Waals surface area contributed by atoms with E-state index in [4.69, 9.17) is 4.74 Å². The zero-order valence-electron chi connectivity index (χ0n) is 14.1. The van der Waals surface area contributed by atoms with E-state index in [-0.39, 0.29) is 12.5 Å². The molecular formula is C15H23N3O4S. The van der Waals surface area contributed by atoms with E-state index < -0.39 is 23.6 Å². The molecule has 0 radical (unpaired) electrons. The molecule has 0 aliphatic carbocycles. The van der Waals surface area contributed by atoms with E-state index in [9.17, 15) is 14.4 Å². The van der Waals surface area contributed by atoms with E-state index in [0.29, 0.717) is 11.4 Å². The van der Waals surface area contributed by atoms with Crippen molar-refractivity contribution in [3.05, 3.63) is 22.2 Å². The first-order chi connectivity index (χ1) is 10.8. The Labute approximate surface area is 139 Å². The molecule has 1 aromatic rings. The summed E-state index contributed by atoms with van der Waals surface area (Å²) in [6.45, 7) is 5.53. The zero-order valence-corrected chi connectivity index (χ0v) is 14.9. The maximum atomic E-state index is 12.1. The molecule has 0 unspecified atom stereocenters. The van der Waals surface area contributed by atoms with Gasteiger partial charge in [0.2, 0.25) is 5.91 Å². The van der Waals surface area contributed by atoms with Gasteiger partial charge in [-0.3, -0.25) is 9.36 Å². The lowest BCUT2D eigenvalue weighted by molar-refractivity contribution is -0.145. The molecule has 1 aromatic heterocycles. The van der Waals surface area contributed by atoms with Gasteiger partial charge in [-0.2, -0.15) is 4.98 Å². The van der Waals surface area contributed by atoms with E-state index in [0.717, 1.165) is 5.56 Å². The summed E-state index contributed by atoms with van der Waals surface area (Å²) in [6.07, 6.45) is 3.89. The number of carbonyl (C=O) groups excluding carboxylic acids is 2. The van der Waals surface area contributed by atoms with Gasteiger partial charge >= 0.3 is 11.7 Å². The summed E-state index contributed by atoms with van der Waals surface area (Å²) in [7, 11) is 1.28. The average molecular weight is 341 g/mol. The van der Waals surface area contributed by atoms with Crippen LogP contribution in [0.3, 0.4) is 0 Å². The summed E-state index contributed by atoms with van der Waals surface area (Å²) in [4.78, 5) is 39.7. The molecule has 0 aliphatic rings. The quantitative estimate of drug-likeness (QED) is 0.452. The van der Waals surface area contributed by atoms with Crippen LogP contribution in [0.15, 0.2) is 16.0 Å². The molecule has 23 heavy (non-hydrogen) atoms. The van der Waals surface area contributed by atoms with Crippen molar-refractivity contribution in [2.75, 3.05) is 13.4 Å². The van der Waals surface area contributed by atoms with Gasteiger partial charge in [0, 0.05) is 6.20 Å². The summed E-state index contributed by atoms with van der Waals surface area (Å²) < 4.78 is 5.93. The van der Waals surface area contributed by atoms with Crippen molar-refractivity contribution in [2.24, 2.45) is 5.92 Å². The molecule has 128 valence electrons. The van der Waals surface area contributed by atoms with Crippen molar-refractivity contribution < 1.29 is 14.3 Å². The summed E-state index contributed by atoms with van der Waals surface area (Å²) >= 11 is 1.38. The van der Waals surface area contributed by atoms with E-state index in [1.165, 1.54) is 23.4 Å². The van der Waals surface area contributed by atoms with E-state index >= 15 is 0 Å². The largest absolute Gasteiger partial charge is 0.467 e. The third-order valence-corrected chi connectivity index (χ3v) is 3.97. The molecule has 0 saturated heterocycles. The third-order valence-electron chi connectivity index (χ3n) is 3.17. The number of aromatic nitrogens is 2. The second-order valence-electron chi connectivity index (χ2n) is 5.62. The van der Waals surface area contributed by atoms with Crippen molar-refractivity contribution in [1.82, 2.24) is 14.9 Å². The van der Waals surface area contributed by atoms with Gasteiger partial charge in [-0.25, -0.2) is 9.59 Å². The SMILES string of the molecule is COC(=O)[C@H](CC(C)C)NC(=O)Cn1cc(C)c(SC)nc1=O. The van der Waals surface area contributed by atoms with Gasteiger partial charge in [-0.1, -0.05) is 13.8 Å². The molecule has 0 spiro atoms. The maximum Gasteiger partial charge on any atom is 0.349 e. The maximum absolute atomic E-state index is 12.1. The molecule has 1 atom stereocenters. The smallest absolute Gasteiger partial charge is 0.349 e. The number of hydrogen-bond donors (Lipinski definition) is 1. The fraction of sp³-hybridized carbons (Fsp3) is 0.600. The molecule has 0 bridgehead atoms. The average Bonchev–Trinajstić information content (AvgIpc) is 2.48. The molecule has 1 N–H and O–H groups in total. The normalized spacial score (nSPS) is 12.1. The molecular weight excluding hydrogens is 318 g/mol. The Morgan fingerprint density at radius 3 is 2.61 bits per heavy atom. The van der Waals surface area contributed by atoms with E-state index in [2.05, 4.69) is 10.3 Å². The monoisotopic (exact) mass is 341 g/mol. The van der Waals surface area contributed by atoms with Crippen molar-refractivity contribution >= 4 is 23.6 Å². The lowest BCUT2D eigenvalue weighted by Crippen LogP contribution is -2.44. The van der Waals surface area contributed by atoms with Crippen LogP contribution in [-0.4, -0.2) is 40.8 Å². The Kier molecular flexibility index (Phi) is 7.28. The number of methoxy groups -OCH3 is 1. The number of rotatable bonds is 7. The first-order valence-corrected chi connectivity index (χ1v) is 8.50.